The summed E-state index contributed by atoms with van der Waals surface area (Å²) in [6.45, 7) is 3.59. The molecule has 0 aliphatic carbocycles. The van der Waals surface area contributed by atoms with Gasteiger partial charge in [0.05, 0.1) is 7.11 Å². The van der Waals surface area contributed by atoms with Crippen LogP contribution in [0.15, 0.2) is 24.3 Å². The Morgan fingerprint density at radius 1 is 1.04 bits per heavy atom. The Labute approximate surface area is 151 Å². The second kappa shape index (κ2) is 7.45. The molecule has 0 spiro atoms. The van der Waals surface area contributed by atoms with Gasteiger partial charge in [-0.3, -0.25) is 0 Å². The normalized spacial score (nSPS) is 15.4. The number of anilines is 1. The first kappa shape index (κ1) is 17.1. The van der Waals surface area contributed by atoms with Gasteiger partial charge < -0.3 is 14.4 Å². The van der Waals surface area contributed by atoms with E-state index in [4.69, 9.17) is 32.7 Å². The van der Waals surface area contributed by atoms with Gasteiger partial charge in [0.25, 0.3) is 0 Å². The Bertz CT molecular complexity index is 702. The minimum atomic E-state index is 0.178. The van der Waals surface area contributed by atoms with E-state index in [1.165, 1.54) is 0 Å². The highest BCUT2D eigenvalue weighted by Crippen LogP contribution is 2.28. The van der Waals surface area contributed by atoms with Gasteiger partial charge in [-0.25, -0.2) is 9.97 Å². The molecule has 1 aliphatic heterocycles. The Morgan fingerprint density at radius 2 is 1.67 bits per heavy atom. The summed E-state index contributed by atoms with van der Waals surface area (Å²) in [6.07, 6.45) is 2.00. The van der Waals surface area contributed by atoms with Gasteiger partial charge in [0.1, 0.15) is 28.6 Å². The second-order valence-corrected chi connectivity index (χ2v) is 6.41. The second-order valence-electron chi connectivity index (χ2n) is 5.71. The summed E-state index contributed by atoms with van der Waals surface area (Å²) < 4.78 is 11.2. The smallest absolute Gasteiger partial charge is 0.225 e. The molecule has 24 heavy (non-hydrogen) atoms. The standard InChI is InChI=1S/C17H19Cl2N3O2/c1-11-15(18)20-17(19)21-16(11)22-9-7-14(8-10-22)24-13-5-3-12(23-2)4-6-13/h3-6,14H,7-10H2,1-2H3. The maximum Gasteiger partial charge on any atom is 0.225 e. The highest BCUT2D eigenvalue weighted by molar-refractivity contribution is 6.32. The lowest BCUT2D eigenvalue weighted by molar-refractivity contribution is 0.170. The van der Waals surface area contributed by atoms with Crippen LogP contribution in [0.2, 0.25) is 10.4 Å². The number of halogens is 2. The number of ether oxygens (including phenoxy) is 2. The van der Waals surface area contributed by atoms with Crippen molar-refractivity contribution in [2.75, 3.05) is 25.1 Å². The van der Waals surface area contributed by atoms with Gasteiger partial charge in [0.15, 0.2) is 0 Å². The van der Waals surface area contributed by atoms with Crippen LogP contribution in [-0.4, -0.2) is 36.3 Å². The first-order valence-electron chi connectivity index (χ1n) is 7.82. The number of piperidine rings is 1. The van der Waals surface area contributed by atoms with Crippen molar-refractivity contribution in [2.24, 2.45) is 0 Å². The number of rotatable bonds is 4. The summed E-state index contributed by atoms with van der Waals surface area (Å²) in [7, 11) is 1.65. The van der Waals surface area contributed by atoms with E-state index in [9.17, 15) is 0 Å². The van der Waals surface area contributed by atoms with Gasteiger partial charge in [-0.05, 0) is 42.8 Å². The van der Waals surface area contributed by atoms with Gasteiger partial charge in [-0.15, -0.1) is 0 Å². The van der Waals surface area contributed by atoms with Crippen LogP contribution in [-0.2, 0) is 0 Å². The zero-order valence-electron chi connectivity index (χ0n) is 13.6. The van der Waals surface area contributed by atoms with Crippen LogP contribution in [0.4, 0.5) is 5.82 Å². The fourth-order valence-corrected chi connectivity index (χ4v) is 3.17. The summed E-state index contributed by atoms with van der Waals surface area (Å²) in [5, 5.41) is 0.582. The molecular formula is C17H19Cl2N3O2. The molecule has 0 atom stereocenters. The summed E-state index contributed by atoms with van der Waals surface area (Å²) in [5.41, 5.74) is 0.857. The van der Waals surface area contributed by atoms with E-state index >= 15 is 0 Å². The molecule has 1 fully saturated rings. The minimum Gasteiger partial charge on any atom is -0.497 e. The Balaban J connectivity index is 1.61. The van der Waals surface area contributed by atoms with Crippen molar-refractivity contribution < 1.29 is 9.47 Å². The molecule has 0 unspecified atom stereocenters. The van der Waals surface area contributed by atoms with E-state index in [2.05, 4.69) is 14.9 Å². The first-order valence-corrected chi connectivity index (χ1v) is 8.57. The molecule has 128 valence electrons. The quantitative estimate of drug-likeness (QED) is 0.599. The molecule has 0 amide bonds. The van der Waals surface area contributed by atoms with Gasteiger partial charge in [0.2, 0.25) is 5.28 Å². The Hall–Kier alpha value is -1.72. The number of nitrogens with zero attached hydrogens (tertiary/aromatic N) is 3. The molecule has 1 aliphatic rings. The topological polar surface area (TPSA) is 47.5 Å². The summed E-state index contributed by atoms with van der Waals surface area (Å²) in [4.78, 5) is 10.5. The molecule has 2 heterocycles. The van der Waals surface area contributed by atoms with Crippen LogP contribution in [0.5, 0.6) is 11.5 Å². The molecule has 7 heteroatoms. The van der Waals surface area contributed by atoms with Crippen molar-refractivity contribution in [3.8, 4) is 11.5 Å². The fourth-order valence-electron chi connectivity index (χ4n) is 2.79. The molecule has 2 aromatic rings. The largest absolute Gasteiger partial charge is 0.497 e. The summed E-state index contributed by atoms with van der Waals surface area (Å²) in [6, 6.07) is 7.66. The van der Waals surface area contributed by atoms with E-state index < -0.39 is 0 Å². The number of hydrogen-bond acceptors (Lipinski definition) is 5. The predicted molar refractivity (Wildman–Crippen MR) is 95.6 cm³/mol. The zero-order chi connectivity index (χ0) is 17.1. The van der Waals surface area contributed by atoms with Crippen LogP contribution < -0.4 is 14.4 Å². The maximum absolute atomic E-state index is 6.10. The highest BCUT2D eigenvalue weighted by Gasteiger charge is 2.24. The lowest BCUT2D eigenvalue weighted by Crippen LogP contribution is -2.39. The lowest BCUT2D eigenvalue weighted by atomic mass is 10.1. The third-order valence-electron chi connectivity index (χ3n) is 4.14. The van der Waals surface area contributed by atoms with Crippen molar-refractivity contribution in [3.63, 3.8) is 0 Å². The van der Waals surface area contributed by atoms with Crippen molar-refractivity contribution >= 4 is 29.0 Å². The van der Waals surface area contributed by atoms with E-state index in [0.29, 0.717) is 5.15 Å². The third kappa shape index (κ3) is 3.84. The molecule has 0 radical (unpaired) electrons. The lowest BCUT2D eigenvalue weighted by Gasteiger charge is -2.33. The van der Waals surface area contributed by atoms with Gasteiger partial charge >= 0.3 is 0 Å². The van der Waals surface area contributed by atoms with Crippen molar-refractivity contribution in [1.82, 2.24) is 9.97 Å². The maximum atomic E-state index is 6.10. The molecule has 1 aromatic heterocycles. The molecule has 0 bridgehead atoms. The average Bonchev–Trinajstić information content (AvgIpc) is 2.59. The molecule has 1 aromatic carbocycles. The number of methoxy groups -OCH3 is 1. The number of benzene rings is 1. The zero-order valence-corrected chi connectivity index (χ0v) is 15.1. The van der Waals surface area contributed by atoms with Crippen molar-refractivity contribution in [2.45, 2.75) is 25.9 Å². The molecule has 1 saturated heterocycles. The van der Waals surface area contributed by atoms with E-state index in [0.717, 1.165) is 48.8 Å². The van der Waals surface area contributed by atoms with Crippen molar-refractivity contribution in [3.05, 3.63) is 40.3 Å². The molecule has 0 N–H and O–H groups in total. The third-order valence-corrected chi connectivity index (χ3v) is 4.67. The molecular weight excluding hydrogens is 349 g/mol. The van der Waals surface area contributed by atoms with E-state index in [1.807, 2.05) is 31.2 Å². The summed E-state index contributed by atoms with van der Waals surface area (Å²) in [5.74, 6) is 2.49. The monoisotopic (exact) mass is 367 g/mol. The van der Waals surface area contributed by atoms with Crippen LogP contribution in [0.25, 0.3) is 0 Å². The van der Waals surface area contributed by atoms with Gasteiger partial charge in [0, 0.05) is 31.5 Å². The van der Waals surface area contributed by atoms with Gasteiger partial charge in [-0.1, -0.05) is 11.6 Å². The molecule has 3 rings (SSSR count). The Morgan fingerprint density at radius 3 is 2.29 bits per heavy atom. The Kier molecular flexibility index (Phi) is 5.31. The van der Waals surface area contributed by atoms with Crippen LogP contribution in [0, 0.1) is 6.92 Å². The van der Waals surface area contributed by atoms with Gasteiger partial charge in [-0.2, -0.15) is 0 Å². The minimum absolute atomic E-state index is 0.178. The average molecular weight is 368 g/mol. The predicted octanol–water partition coefficient (Wildman–Crippen LogP) is 4.15. The molecule has 5 nitrogen and oxygen atoms in total. The van der Waals surface area contributed by atoms with Crippen LogP contribution in [0.1, 0.15) is 18.4 Å². The number of aromatic nitrogens is 2. The first-order chi connectivity index (χ1) is 11.6. The highest BCUT2D eigenvalue weighted by atomic mass is 35.5. The SMILES string of the molecule is COc1ccc(OC2CCN(c3nc(Cl)nc(Cl)c3C)CC2)cc1. The van der Waals surface area contributed by atoms with Crippen LogP contribution in [0.3, 0.4) is 0 Å². The van der Waals surface area contributed by atoms with Crippen molar-refractivity contribution in [1.29, 1.82) is 0 Å². The fraction of sp³-hybridized carbons (Fsp3) is 0.412. The van der Waals surface area contributed by atoms with Crippen LogP contribution >= 0.6 is 23.2 Å². The summed E-state index contributed by atoms with van der Waals surface area (Å²) >= 11 is 12.0. The van der Waals surface area contributed by atoms with E-state index in [-0.39, 0.29) is 11.4 Å². The number of hydrogen-bond donors (Lipinski definition) is 0. The van der Waals surface area contributed by atoms with E-state index in [1.54, 1.807) is 7.11 Å². The molecule has 0 saturated carbocycles.